The highest BCUT2D eigenvalue weighted by Crippen LogP contribution is 2.51. The van der Waals surface area contributed by atoms with Gasteiger partial charge < -0.3 is 4.57 Å². The molecule has 2 heteroatoms. The molecule has 0 aliphatic heterocycles. The van der Waals surface area contributed by atoms with Gasteiger partial charge in [0.15, 0.2) is 0 Å². The van der Waals surface area contributed by atoms with Gasteiger partial charge >= 0.3 is 0 Å². The highest BCUT2D eigenvalue weighted by molar-refractivity contribution is 6.11. The van der Waals surface area contributed by atoms with Crippen LogP contribution in [0.15, 0.2) is 134 Å². The summed E-state index contributed by atoms with van der Waals surface area (Å²) in [6, 6.07) is 46.2. The Labute approximate surface area is 234 Å². The van der Waals surface area contributed by atoms with Gasteiger partial charge in [0.1, 0.15) is 0 Å². The zero-order valence-corrected chi connectivity index (χ0v) is 22.6. The van der Waals surface area contributed by atoms with Crippen molar-refractivity contribution in [1.82, 2.24) is 9.55 Å². The Bertz CT molecular complexity index is 2080. The number of fused-ring (bicyclic) bond motifs is 6. The van der Waals surface area contributed by atoms with E-state index < -0.39 is 0 Å². The highest BCUT2D eigenvalue weighted by atomic mass is 15.0. The standard InChI is InChI=1S/C38H28N2/c1-38(2)33-17-5-3-15-29(33)31-23-32-30-16-4-6-19-36(30)40(37(32)24-34(31)38)28-14-10-12-26(22-28)25-11-9-13-27(21-25)35-18-7-8-20-39-35/h3-24H,1-2H3. The second-order valence-corrected chi connectivity index (χ2v) is 11.3. The van der Waals surface area contributed by atoms with Gasteiger partial charge in [-0.05, 0) is 81.9 Å². The Kier molecular flexibility index (Phi) is 4.90. The Morgan fingerprint density at radius 2 is 1.27 bits per heavy atom. The lowest BCUT2D eigenvalue weighted by molar-refractivity contribution is 0.661. The van der Waals surface area contributed by atoms with Crippen LogP contribution in [-0.4, -0.2) is 9.55 Å². The van der Waals surface area contributed by atoms with Gasteiger partial charge in [0.25, 0.3) is 0 Å². The number of hydrogen-bond donors (Lipinski definition) is 0. The maximum Gasteiger partial charge on any atom is 0.0702 e. The molecule has 0 unspecified atom stereocenters. The van der Waals surface area contributed by atoms with E-state index >= 15 is 0 Å². The molecular weight excluding hydrogens is 484 g/mol. The third-order valence-electron chi connectivity index (χ3n) is 8.64. The number of aromatic nitrogens is 2. The van der Waals surface area contributed by atoms with E-state index in [4.69, 9.17) is 0 Å². The van der Waals surface area contributed by atoms with E-state index in [-0.39, 0.29) is 5.41 Å². The van der Waals surface area contributed by atoms with E-state index in [9.17, 15) is 0 Å². The molecule has 40 heavy (non-hydrogen) atoms. The SMILES string of the molecule is CC1(C)c2ccccc2-c2cc3c4ccccc4n(-c4cccc(-c5cccc(-c6ccccn6)c5)c4)c3cc21. The normalized spacial score (nSPS) is 13.4. The van der Waals surface area contributed by atoms with Gasteiger partial charge in [-0.2, -0.15) is 0 Å². The first-order chi connectivity index (χ1) is 19.6. The molecule has 0 N–H and O–H groups in total. The summed E-state index contributed by atoms with van der Waals surface area (Å²) in [4.78, 5) is 4.56. The van der Waals surface area contributed by atoms with Crippen LogP contribution in [0.4, 0.5) is 0 Å². The first-order valence-electron chi connectivity index (χ1n) is 13.9. The van der Waals surface area contributed by atoms with Crippen LogP contribution in [0.25, 0.3) is 61.0 Å². The molecule has 7 aromatic rings. The fraction of sp³-hybridized carbons (Fsp3) is 0.0789. The average Bonchev–Trinajstić information content (AvgIpc) is 3.45. The maximum atomic E-state index is 4.56. The number of pyridine rings is 1. The van der Waals surface area contributed by atoms with Crippen molar-refractivity contribution in [1.29, 1.82) is 0 Å². The second kappa shape index (κ2) is 8.53. The summed E-state index contributed by atoms with van der Waals surface area (Å²) in [6.07, 6.45) is 1.85. The maximum absolute atomic E-state index is 4.56. The average molecular weight is 513 g/mol. The lowest BCUT2D eigenvalue weighted by atomic mass is 9.82. The molecule has 0 saturated heterocycles. The predicted octanol–water partition coefficient (Wildman–Crippen LogP) is 9.82. The molecule has 2 nitrogen and oxygen atoms in total. The fourth-order valence-corrected chi connectivity index (χ4v) is 6.66. The van der Waals surface area contributed by atoms with Crippen LogP contribution in [0.5, 0.6) is 0 Å². The molecule has 0 spiro atoms. The molecule has 0 saturated carbocycles. The van der Waals surface area contributed by atoms with Crippen LogP contribution >= 0.6 is 0 Å². The van der Waals surface area contributed by atoms with Crippen molar-refractivity contribution < 1.29 is 0 Å². The second-order valence-electron chi connectivity index (χ2n) is 11.3. The van der Waals surface area contributed by atoms with Crippen molar-refractivity contribution in [3.05, 3.63) is 145 Å². The summed E-state index contributed by atoms with van der Waals surface area (Å²) >= 11 is 0. The number of benzene rings is 5. The zero-order chi connectivity index (χ0) is 26.8. The van der Waals surface area contributed by atoms with Gasteiger partial charge in [0.05, 0.1) is 16.7 Å². The molecule has 1 aliphatic carbocycles. The molecule has 0 atom stereocenters. The van der Waals surface area contributed by atoms with E-state index in [1.807, 2.05) is 18.3 Å². The van der Waals surface area contributed by atoms with Gasteiger partial charge in [0, 0.05) is 33.6 Å². The Hall–Kier alpha value is -4.95. The minimum absolute atomic E-state index is 0.0465. The van der Waals surface area contributed by atoms with Crippen LogP contribution < -0.4 is 0 Å². The summed E-state index contributed by atoms with van der Waals surface area (Å²) in [5.41, 5.74) is 13.6. The first-order valence-corrected chi connectivity index (χ1v) is 13.9. The van der Waals surface area contributed by atoms with Crippen LogP contribution in [-0.2, 0) is 5.41 Å². The summed E-state index contributed by atoms with van der Waals surface area (Å²) in [7, 11) is 0. The lowest BCUT2D eigenvalue weighted by Crippen LogP contribution is -2.14. The molecular formula is C38H28N2. The Morgan fingerprint density at radius 3 is 2.15 bits per heavy atom. The van der Waals surface area contributed by atoms with Crippen LogP contribution in [0, 0.1) is 0 Å². The molecule has 0 fully saturated rings. The van der Waals surface area contributed by atoms with Crippen molar-refractivity contribution >= 4 is 21.8 Å². The van der Waals surface area contributed by atoms with E-state index in [2.05, 4.69) is 139 Å². The van der Waals surface area contributed by atoms with Crippen LogP contribution in [0.2, 0.25) is 0 Å². The van der Waals surface area contributed by atoms with Gasteiger partial charge in [0.2, 0.25) is 0 Å². The molecule has 2 aromatic heterocycles. The van der Waals surface area contributed by atoms with Crippen molar-refractivity contribution in [2.24, 2.45) is 0 Å². The minimum Gasteiger partial charge on any atom is -0.309 e. The van der Waals surface area contributed by atoms with Gasteiger partial charge in [-0.25, -0.2) is 0 Å². The minimum atomic E-state index is -0.0465. The van der Waals surface area contributed by atoms with Crippen molar-refractivity contribution in [2.45, 2.75) is 19.3 Å². The summed E-state index contributed by atoms with van der Waals surface area (Å²) in [5.74, 6) is 0. The Morgan fingerprint density at radius 1 is 0.525 bits per heavy atom. The fourth-order valence-electron chi connectivity index (χ4n) is 6.66. The third kappa shape index (κ3) is 3.32. The summed E-state index contributed by atoms with van der Waals surface area (Å²) in [6.45, 7) is 4.71. The summed E-state index contributed by atoms with van der Waals surface area (Å²) in [5, 5.41) is 2.58. The van der Waals surface area contributed by atoms with E-state index in [0.29, 0.717) is 0 Å². The number of para-hydroxylation sites is 1. The lowest BCUT2D eigenvalue weighted by Gasteiger charge is -2.21. The molecule has 2 heterocycles. The molecule has 1 aliphatic rings. The van der Waals surface area contributed by atoms with E-state index in [1.54, 1.807) is 0 Å². The van der Waals surface area contributed by atoms with Crippen molar-refractivity contribution in [3.63, 3.8) is 0 Å². The van der Waals surface area contributed by atoms with Crippen LogP contribution in [0.3, 0.4) is 0 Å². The molecule has 5 aromatic carbocycles. The third-order valence-corrected chi connectivity index (χ3v) is 8.64. The molecule has 0 bridgehead atoms. The first kappa shape index (κ1) is 23.0. The predicted molar refractivity (Wildman–Crippen MR) is 167 cm³/mol. The van der Waals surface area contributed by atoms with E-state index in [1.165, 1.54) is 60.9 Å². The molecule has 0 amide bonds. The highest BCUT2D eigenvalue weighted by Gasteiger charge is 2.36. The molecule has 8 rings (SSSR count). The monoisotopic (exact) mass is 512 g/mol. The molecule has 190 valence electrons. The number of rotatable bonds is 3. The zero-order valence-electron chi connectivity index (χ0n) is 22.6. The van der Waals surface area contributed by atoms with E-state index in [0.717, 1.165) is 11.3 Å². The van der Waals surface area contributed by atoms with Crippen LogP contribution in [0.1, 0.15) is 25.0 Å². The number of hydrogen-bond acceptors (Lipinski definition) is 1. The van der Waals surface area contributed by atoms with Gasteiger partial charge in [-0.3, -0.25) is 4.98 Å². The molecule has 0 radical (unpaired) electrons. The largest absolute Gasteiger partial charge is 0.309 e. The smallest absolute Gasteiger partial charge is 0.0702 e. The quantitative estimate of drug-likeness (QED) is 0.230. The summed E-state index contributed by atoms with van der Waals surface area (Å²) < 4.78 is 2.44. The van der Waals surface area contributed by atoms with Gasteiger partial charge in [-0.15, -0.1) is 0 Å². The van der Waals surface area contributed by atoms with Gasteiger partial charge in [-0.1, -0.05) is 92.7 Å². The number of nitrogens with zero attached hydrogens (tertiary/aromatic N) is 2. The topological polar surface area (TPSA) is 17.8 Å². The Balaban J connectivity index is 1.34. The van der Waals surface area contributed by atoms with Crippen molar-refractivity contribution in [3.8, 4) is 39.2 Å². The van der Waals surface area contributed by atoms with Crippen molar-refractivity contribution in [2.75, 3.05) is 0 Å².